The second-order valence-corrected chi connectivity index (χ2v) is 3.09. The Morgan fingerprint density at radius 1 is 1.00 bits per heavy atom. The molecule has 1 aromatic heterocycles. The van der Waals surface area contributed by atoms with Crippen molar-refractivity contribution in [3.05, 3.63) is 47.8 Å². The molecule has 0 saturated heterocycles. The summed E-state index contributed by atoms with van der Waals surface area (Å²) in [5.74, 6) is 0. The van der Waals surface area contributed by atoms with Crippen LogP contribution in [0.15, 0.2) is 35.7 Å². The molecule has 0 unspecified atom stereocenters. The number of rotatable bonds is 1. The zero-order valence-corrected chi connectivity index (χ0v) is 11.1. The number of thiophene rings is 1. The predicted octanol–water partition coefficient (Wildman–Crippen LogP) is 2.22. The van der Waals surface area contributed by atoms with Crippen LogP contribution in [-0.4, -0.2) is 13.6 Å². The smallest absolute Gasteiger partial charge is 0.573 e. The molecule has 0 aliphatic heterocycles. The maximum absolute atomic E-state index is 7.50. The van der Waals surface area contributed by atoms with E-state index in [0.29, 0.717) is 0 Å². The molecule has 0 spiro atoms. The number of benzene rings is 1. The molecule has 2 aromatic rings. The Morgan fingerprint density at radius 3 is 2.12 bits per heavy atom. The van der Waals surface area contributed by atoms with Crippen LogP contribution in [0, 0.1) is 12.1 Å². The van der Waals surface area contributed by atoms with E-state index >= 15 is 0 Å². The fourth-order valence-corrected chi connectivity index (χ4v) is 1.58. The predicted molar refractivity (Wildman–Crippen MR) is 58.8 cm³/mol. The Kier molecular flexibility index (Phi) is 13.0. The van der Waals surface area contributed by atoms with Gasteiger partial charge >= 0.3 is 21.1 Å². The first-order valence-electron chi connectivity index (χ1n) is 3.80. The molecule has 0 amide bonds. The summed E-state index contributed by atoms with van der Waals surface area (Å²) < 4.78 is 0. The Bertz CT molecular complexity index is 346. The summed E-state index contributed by atoms with van der Waals surface area (Å²) in [4.78, 5) is 16.2. The summed E-state index contributed by atoms with van der Waals surface area (Å²) in [5.41, 5.74) is 1.13. The first-order valence-corrected chi connectivity index (χ1v) is 4.68. The second-order valence-electron chi connectivity index (χ2n) is 2.17. The average Bonchev–Trinajstić information content (AvgIpc) is 2.89. The van der Waals surface area contributed by atoms with Gasteiger partial charge in [-0.2, -0.15) is 29.1 Å². The van der Waals surface area contributed by atoms with Crippen LogP contribution in [0.2, 0.25) is 0 Å². The fraction of sp³-hybridized carbons (Fsp3) is 0. The van der Waals surface area contributed by atoms with Crippen molar-refractivity contribution in [1.29, 1.82) is 0 Å². The third-order valence-corrected chi connectivity index (χ3v) is 2.27. The first kappa shape index (κ1) is 17.3. The Labute approximate surface area is 114 Å². The van der Waals surface area contributed by atoms with Crippen molar-refractivity contribution in [2.75, 3.05) is 0 Å². The van der Waals surface area contributed by atoms with Crippen molar-refractivity contribution in [3.63, 3.8) is 0 Å². The van der Waals surface area contributed by atoms with Gasteiger partial charge in [-0.25, -0.2) is 17.7 Å². The molecular formula is C12H6O2PtS. The van der Waals surface area contributed by atoms with Gasteiger partial charge in [-0.05, 0) is 0 Å². The summed E-state index contributed by atoms with van der Waals surface area (Å²) in [6.07, 6.45) is 0. The minimum Gasteiger partial charge on any atom is -0.573 e. The van der Waals surface area contributed by atoms with E-state index in [2.05, 4.69) is 25.7 Å². The third-order valence-electron chi connectivity index (χ3n) is 1.42. The van der Waals surface area contributed by atoms with Crippen LogP contribution >= 0.6 is 11.3 Å². The van der Waals surface area contributed by atoms with Gasteiger partial charge in [0.15, 0.2) is 0 Å². The van der Waals surface area contributed by atoms with Crippen LogP contribution in [0.25, 0.3) is 10.4 Å². The van der Waals surface area contributed by atoms with E-state index in [1.165, 1.54) is 0 Å². The van der Waals surface area contributed by atoms with E-state index in [9.17, 15) is 0 Å². The summed E-state index contributed by atoms with van der Waals surface area (Å²) in [7, 11) is 0. The van der Waals surface area contributed by atoms with Crippen molar-refractivity contribution in [1.82, 2.24) is 0 Å². The summed E-state index contributed by atoms with van der Waals surface area (Å²) >= 11 is 1.69. The third kappa shape index (κ3) is 5.74. The van der Waals surface area contributed by atoms with Crippen molar-refractivity contribution in [2.45, 2.75) is 0 Å². The van der Waals surface area contributed by atoms with Gasteiger partial charge in [0, 0.05) is 0 Å². The molecule has 2 radical (unpaired) electrons. The van der Waals surface area contributed by atoms with Crippen molar-refractivity contribution >= 4 is 24.9 Å². The second kappa shape index (κ2) is 12.0. The minimum atomic E-state index is 0. The van der Waals surface area contributed by atoms with Gasteiger partial charge in [0.1, 0.15) is 0 Å². The molecule has 0 bridgehead atoms. The fourth-order valence-electron chi connectivity index (χ4n) is 0.922. The molecule has 1 heterocycles. The molecule has 4 heteroatoms. The van der Waals surface area contributed by atoms with E-state index in [0.717, 1.165) is 10.4 Å². The average molecular weight is 409 g/mol. The maximum atomic E-state index is 7.50. The van der Waals surface area contributed by atoms with Gasteiger partial charge in [0.2, 0.25) is 0 Å². The van der Waals surface area contributed by atoms with Crippen molar-refractivity contribution < 1.29 is 30.7 Å². The molecule has 0 atom stereocenters. The van der Waals surface area contributed by atoms with Crippen LogP contribution < -0.4 is 0 Å². The molecule has 2 rings (SSSR count). The molecule has 0 saturated carbocycles. The van der Waals surface area contributed by atoms with Gasteiger partial charge in [-0.3, -0.25) is 11.3 Å². The largest absolute Gasteiger partial charge is 4.00 e. The van der Waals surface area contributed by atoms with Gasteiger partial charge in [0.05, 0.1) is 0 Å². The van der Waals surface area contributed by atoms with Crippen LogP contribution in [-0.2, 0) is 30.7 Å². The van der Waals surface area contributed by atoms with E-state index in [1.807, 2.05) is 35.7 Å². The maximum Gasteiger partial charge on any atom is 4.00 e. The molecule has 1 aromatic carbocycles. The molecule has 0 aliphatic rings. The normalized spacial score (nSPS) is 7.25. The van der Waals surface area contributed by atoms with E-state index in [4.69, 9.17) is 9.59 Å². The Hall–Kier alpha value is -1.05. The standard InChI is InChI=1S/C10H6S.2CO.Pt/c1-2-5-9(6-3-1)10-7-4-8-11-10;2*1-2;/h1-5,8H;;;/q-2;2*-1;+4. The van der Waals surface area contributed by atoms with E-state index < -0.39 is 0 Å². The summed E-state index contributed by atoms with van der Waals surface area (Å²) in [5, 5.41) is 2.02. The van der Waals surface area contributed by atoms with Gasteiger partial charge in [0.25, 0.3) is 0 Å². The molecule has 16 heavy (non-hydrogen) atoms. The number of hydrogen-bond donors (Lipinski definition) is 0. The Balaban J connectivity index is 0. The SMILES string of the molecule is [C-]=O.[C-]=O.[Pt+4].[c-]1ccccc1-c1[c-]ccs1. The number of carbonyl (C=O) groups excluding carboxylic acids is 2. The van der Waals surface area contributed by atoms with E-state index in [-0.39, 0.29) is 21.1 Å². The minimum absolute atomic E-state index is 0. The van der Waals surface area contributed by atoms with Crippen molar-refractivity contribution in [2.24, 2.45) is 0 Å². The zero-order chi connectivity index (χ0) is 11.5. The van der Waals surface area contributed by atoms with Crippen LogP contribution in [0.3, 0.4) is 0 Å². The quantitative estimate of drug-likeness (QED) is 0.677. The Morgan fingerprint density at radius 2 is 1.69 bits per heavy atom. The van der Waals surface area contributed by atoms with Gasteiger partial charge in [-0.15, -0.1) is 11.4 Å². The first-order chi connectivity index (χ1) is 7.47. The molecule has 0 N–H and O–H groups in total. The zero-order valence-electron chi connectivity index (χ0n) is 8.01. The number of hydrogen-bond acceptors (Lipinski definition) is 3. The van der Waals surface area contributed by atoms with Crippen LogP contribution in [0.5, 0.6) is 0 Å². The molecule has 82 valence electrons. The van der Waals surface area contributed by atoms with Gasteiger partial charge in [-0.1, -0.05) is 0 Å². The molecule has 0 fully saturated rings. The summed E-state index contributed by atoms with van der Waals surface area (Å²) in [6, 6.07) is 16.2. The molecule has 2 nitrogen and oxygen atoms in total. The molecular weight excluding hydrogens is 403 g/mol. The topological polar surface area (TPSA) is 34.1 Å². The van der Waals surface area contributed by atoms with Gasteiger partial charge < -0.3 is 23.2 Å². The van der Waals surface area contributed by atoms with Crippen molar-refractivity contribution in [3.8, 4) is 10.4 Å². The van der Waals surface area contributed by atoms with E-state index in [1.54, 1.807) is 11.3 Å². The summed E-state index contributed by atoms with van der Waals surface area (Å²) in [6.45, 7) is 9.00. The molecule has 0 aliphatic carbocycles. The monoisotopic (exact) mass is 409 g/mol. The van der Waals surface area contributed by atoms with Crippen LogP contribution in [0.4, 0.5) is 0 Å². The van der Waals surface area contributed by atoms with Crippen LogP contribution in [0.1, 0.15) is 0 Å².